The van der Waals surface area contributed by atoms with E-state index in [-0.39, 0.29) is 5.82 Å². The molecule has 1 aromatic heterocycles. The summed E-state index contributed by atoms with van der Waals surface area (Å²) >= 11 is 4.46. The normalized spacial score (nSPS) is 9.42. The van der Waals surface area contributed by atoms with Crippen LogP contribution < -0.4 is 5.73 Å². The van der Waals surface area contributed by atoms with Crippen molar-refractivity contribution >= 4 is 33.5 Å². The van der Waals surface area contributed by atoms with E-state index in [4.69, 9.17) is 11.0 Å². The number of aromatic nitrogens is 2. The SMILES string of the molecule is CSc1nc(Br)nc(N)c1C#N. The van der Waals surface area contributed by atoms with Crippen LogP contribution in [0.3, 0.4) is 0 Å². The van der Waals surface area contributed by atoms with Crippen molar-refractivity contribution in [3.05, 3.63) is 10.3 Å². The van der Waals surface area contributed by atoms with Crippen molar-refractivity contribution in [3.8, 4) is 6.07 Å². The van der Waals surface area contributed by atoms with Gasteiger partial charge in [-0.2, -0.15) is 5.26 Å². The molecule has 12 heavy (non-hydrogen) atoms. The standard InChI is InChI=1S/C6H5BrN4S/c1-12-5-3(2-8)4(9)10-6(7)11-5/h1H3,(H2,9,10,11). The predicted octanol–water partition coefficient (Wildman–Crippen LogP) is 1.41. The van der Waals surface area contributed by atoms with Gasteiger partial charge in [0.05, 0.1) is 0 Å². The number of anilines is 1. The molecule has 0 unspecified atom stereocenters. The molecule has 0 bridgehead atoms. The molecule has 62 valence electrons. The Bertz CT molecular complexity index is 346. The number of nitrogens with zero attached hydrogens (tertiary/aromatic N) is 3. The van der Waals surface area contributed by atoms with Crippen LogP contribution in [0.4, 0.5) is 5.82 Å². The van der Waals surface area contributed by atoms with Crippen LogP contribution in [0.25, 0.3) is 0 Å². The number of nitrogens with two attached hydrogens (primary N) is 1. The molecule has 0 amide bonds. The zero-order valence-electron chi connectivity index (χ0n) is 6.21. The highest BCUT2D eigenvalue weighted by atomic mass is 79.9. The molecular weight excluding hydrogens is 240 g/mol. The van der Waals surface area contributed by atoms with E-state index in [9.17, 15) is 0 Å². The van der Waals surface area contributed by atoms with Crippen LogP contribution >= 0.6 is 27.7 Å². The van der Waals surface area contributed by atoms with Crippen molar-refractivity contribution in [3.63, 3.8) is 0 Å². The zero-order valence-corrected chi connectivity index (χ0v) is 8.61. The van der Waals surface area contributed by atoms with Gasteiger partial charge in [0.1, 0.15) is 22.5 Å². The second kappa shape index (κ2) is 3.74. The van der Waals surface area contributed by atoms with Crippen LogP contribution in [0.1, 0.15) is 5.56 Å². The van der Waals surface area contributed by atoms with Crippen LogP contribution in [-0.2, 0) is 0 Å². The Labute approximate surface area is 82.3 Å². The summed E-state index contributed by atoms with van der Waals surface area (Å²) in [6.07, 6.45) is 1.83. The fourth-order valence-corrected chi connectivity index (χ4v) is 1.70. The quantitative estimate of drug-likeness (QED) is 0.460. The summed E-state index contributed by atoms with van der Waals surface area (Å²) in [6, 6.07) is 1.95. The van der Waals surface area contributed by atoms with Gasteiger partial charge in [0.15, 0.2) is 4.73 Å². The lowest BCUT2D eigenvalue weighted by Gasteiger charge is -2.01. The minimum absolute atomic E-state index is 0.212. The molecule has 0 aromatic carbocycles. The number of hydrogen-bond donors (Lipinski definition) is 1. The molecule has 0 saturated carbocycles. The van der Waals surface area contributed by atoms with Gasteiger partial charge in [0, 0.05) is 0 Å². The highest BCUT2D eigenvalue weighted by Crippen LogP contribution is 2.22. The van der Waals surface area contributed by atoms with E-state index in [1.165, 1.54) is 11.8 Å². The van der Waals surface area contributed by atoms with Crippen molar-refractivity contribution in [2.45, 2.75) is 5.03 Å². The zero-order chi connectivity index (χ0) is 9.14. The first-order valence-electron chi connectivity index (χ1n) is 2.96. The molecule has 4 nitrogen and oxygen atoms in total. The average molecular weight is 245 g/mol. The number of halogens is 1. The average Bonchev–Trinajstić information content (AvgIpc) is 2.03. The molecule has 1 heterocycles. The van der Waals surface area contributed by atoms with Crippen LogP contribution in [0.15, 0.2) is 9.76 Å². The molecule has 2 N–H and O–H groups in total. The maximum absolute atomic E-state index is 8.68. The number of thioether (sulfide) groups is 1. The molecule has 0 spiro atoms. The van der Waals surface area contributed by atoms with E-state index < -0.39 is 0 Å². The molecule has 0 aliphatic rings. The summed E-state index contributed by atoms with van der Waals surface area (Å²) < 4.78 is 0.406. The van der Waals surface area contributed by atoms with Gasteiger partial charge in [-0.1, -0.05) is 0 Å². The molecule has 6 heteroatoms. The minimum Gasteiger partial charge on any atom is -0.382 e. The Morgan fingerprint density at radius 3 is 2.75 bits per heavy atom. The molecular formula is C6H5BrN4S. The van der Waals surface area contributed by atoms with E-state index in [1.807, 2.05) is 12.3 Å². The number of hydrogen-bond acceptors (Lipinski definition) is 5. The van der Waals surface area contributed by atoms with Gasteiger partial charge in [-0.25, -0.2) is 9.97 Å². The number of nitriles is 1. The van der Waals surface area contributed by atoms with Gasteiger partial charge < -0.3 is 5.73 Å². The van der Waals surface area contributed by atoms with Crippen molar-refractivity contribution in [2.24, 2.45) is 0 Å². The summed E-state index contributed by atoms with van der Waals surface area (Å²) in [7, 11) is 0. The van der Waals surface area contributed by atoms with Gasteiger partial charge in [-0.05, 0) is 22.2 Å². The van der Waals surface area contributed by atoms with E-state index in [0.717, 1.165) is 0 Å². The smallest absolute Gasteiger partial charge is 0.199 e. The summed E-state index contributed by atoms with van der Waals surface area (Å²) in [4.78, 5) is 7.79. The summed E-state index contributed by atoms with van der Waals surface area (Å²) in [6.45, 7) is 0. The molecule has 0 atom stereocenters. The van der Waals surface area contributed by atoms with Crippen molar-refractivity contribution in [1.82, 2.24) is 9.97 Å². The van der Waals surface area contributed by atoms with Crippen LogP contribution in [0.2, 0.25) is 0 Å². The molecule has 1 rings (SSSR count). The second-order valence-electron chi connectivity index (χ2n) is 1.87. The van der Waals surface area contributed by atoms with Gasteiger partial charge in [0.2, 0.25) is 0 Å². The molecule has 0 radical (unpaired) electrons. The predicted molar refractivity (Wildman–Crippen MR) is 50.6 cm³/mol. The van der Waals surface area contributed by atoms with Gasteiger partial charge in [-0.15, -0.1) is 11.8 Å². The Hall–Kier alpha value is -0.800. The molecule has 0 aliphatic heterocycles. The fourth-order valence-electron chi connectivity index (χ4n) is 0.682. The van der Waals surface area contributed by atoms with Crippen LogP contribution in [0, 0.1) is 11.3 Å². The summed E-state index contributed by atoms with van der Waals surface area (Å²) in [5.74, 6) is 0.212. The lowest BCUT2D eigenvalue weighted by Crippen LogP contribution is -1.99. The molecule has 0 aliphatic carbocycles. The van der Waals surface area contributed by atoms with Crippen LogP contribution in [0.5, 0.6) is 0 Å². The highest BCUT2D eigenvalue weighted by molar-refractivity contribution is 9.10. The number of rotatable bonds is 1. The third-order valence-electron chi connectivity index (χ3n) is 1.18. The van der Waals surface area contributed by atoms with Crippen LogP contribution in [-0.4, -0.2) is 16.2 Å². The number of nitrogen functional groups attached to an aromatic ring is 1. The summed E-state index contributed by atoms with van der Waals surface area (Å²) in [5.41, 5.74) is 5.83. The van der Waals surface area contributed by atoms with Gasteiger partial charge in [0.25, 0.3) is 0 Å². The molecule has 0 fully saturated rings. The Morgan fingerprint density at radius 1 is 1.58 bits per heavy atom. The fraction of sp³-hybridized carbons (Fsp3) is 0.167. The van der Waals surface area contributed by atoms with E-state index in [0.29, 0.717) is 15.3 Å². The maximum Gasteiger partial charge on any atom is 0.199 e. The van der Waals surface area contributed by atoms with E-state index in [2.05, 4.69) is 25.9 Å². The molecule has 1 aromatic rings. The Balaban J connectivity index is 3.36. The largest absolute Gasteiger partial charge is 0.382 e. The Morgan fingerprint density at radius 2 is 2.25 bits per heavy atom. The maximum atomic E-state index is 8.68. The second-order valence-corrected chi connectivity index (χ2v) is 3.38. The van der Waals surface area contributed by atoms with Crippen molar-refractivity contribution < 1.29 is 0 Å². The first-order chi connectivity index (χ1) is 5.69. The Kier molecular flexibility index (Phi) is 2.89. The van der Waals surface area contributed by atoms with Crippen molar-refractivity contribution in [2.75, 3.05) is 12.0 Å². The van der Waals surface area contributed by atoms with Crippen molar-refractivity contribution in [1.29, 1.82) is 5.26 Å². The van der Waals surface area contributed by atoms with Gasteiger partial charge in [-0.3, -0.25) is 0 Å². The minimum atomic E-state index is 0.212. The summed E-state index contributed by atoms with van der Waals surface area (Å²) in [5, 5.41) is 9.28. The highest BCUT2D eigenvalue weighted by Gasteiger charge is 2.09. The van der Waals surface area contributed by atoms with Gasteiger partial charge >= 0.3 is 0 Å². The third kappa shape index (κ3) is 1.68. The first-order valence-corrected chi connectivity index (χ1v) is 4.98. The van der Waals surface area contributed by atoms with E-state index >= 15 is 0 Å². The monoisotopic (exact) mass is 244 g/mol. The van der Waals surface area contributed by atoms with E-state index in [1.54, 1.807) is 0 Å². The first kappa shape index (κ1) is 9.29. The lowest BCUT2D eigenvalue weighted by atomic mass is 10.3. The third-order valence-corrected chi connectivity index (χ3v) is 2.22. The topological polar surface area (TPSA) is 75.6 Å². The molecule has 0 saturated heterocycles. The lowest BCUT2D eigenvalue weighted by molar-refractivity contribution is 1.00.